The molecule has 0 aliphatic rings. The molecular weight excluding hydrogens is 522 g/mol. The fourth-order valence-corrected chi connectivity index (χ4v) is 5.58. The molecule has 0 bridgehead atoms. The Morgan fingerprint density at radius 2 is 1.57 bits per heavy atom. The van der Waals surface area contributed by atoms with Crippen molar-refractivity contribution in [2.24, 2.45) is 0 Å². The van der Waals surface area contributed by atoms with E-state index in [9.17, 15) is 4.79 Å². The Morgan fingerprint density at radius 1 is 0.833 bits per heavy atom. The summed E-state index contributed by atoms with van der Waals surface area (Å²) < 4.78 is 8.63. The maximum absolute atomic E-state index is 11.8. The van der Waals surface area contributed by atoms with Gasteiger partial charge in [-0.15, -0.1) is 0 Å². The number of carbonyl (C=O) groups is 1. The third-order valence-electron chi connectivity index (χ3n) is 7.68. The van der Waals surface area contributed by atoms with Gasteiger partial charge in [-0.2, -0.15) is 0 Å². The number of aryl methyl sites for hydroxylation is 1. The number of fused-ring (bicyclic) bond motifs is 4. The highest BCUT2D eigenvalue weighted by Gasteiger charge is 2.11. The molecular formula is C36H33N3O3. The molecule has 0 spiro atoms. The number of aromatic nitrogens is 1. The molecule has 6 nitrogen and oxygen atoms in total. The maximum Gasteiger partial charge on any atom is 0.274 e. The van der Waals surface area contributed by atoms with Crippen LogP contribution in [0.1, 0.15) is 29.3 Å². The van der Waals surface area contributed by atoms with Crippen molar-refractivity contribution in [3.8, 4) is 5.75 Å². The van der Waals surface area contributed by atoms with E-state index in [1.807, 2.05) is 36.4 Å². The minimum atomic E-state index is -0.532. The molecule has 210 valence electrons. The van der Waals surface area contributed by atoms with Crippen molar-refractivity contribution in [2.45, 2.75) is 19.9 Å². The standard InChI is InChI=1S/C36H33N3O3/c1-2-39-33-12-6-5-11-31(33)32-23-29(18-19-34(32)39)37-24-26(22-25-14-16-28(17-15-25)36(40)38-41)20-21-42-35-13-7-9-27-8-3-4-10-30(27)35/h3-19,22-23,37,41H,2,20-21,24H2,1H3,(H,38,40)/b26-22-. The smallest absolute Gasteiger partial charge is 0.274 e. The largest absolute Gasteiger partial charge is 0.493 e. The van der Waals surface area contributed by atoms with Crippen LogP contribution in [0.3, 0.4) is 0 Å². The fraction of sp³-hybridized carbons (Fsp3) is 0.139. The van der Waals surface area contributed by atoms with E-state index in [4.69, 9.17) is 9.94 Å². The monoisotopic (exact) mass is 555 g/mol. The third kappa shape index (κ3) is 5.57. The summed E-state index contributed by atoms with van der Waals surface area (Å²) in [4.78, 5) is 11.8. The Labute approximate surface area is 244 Å². The number of carbonyl (C=O) groups excluding carboxylic acids is 1. The summed E-state index contributed by atoms with van der Waals surface area (Å²) in [6.45, 7) is 4.25. The first-order valence-electron chi connectivity index (χ1n) is 14.2. The lowest BCUT2D eigenvalue weighted by molar-refractivity contribution is 0.0706. The van der Waals surface area contributed by atoms with Crippen molar-refractivity contribution in [2.75, 3.05) is 18.5 Å². The van der Waals surface area contributed by atoms with Gasteiger partial charge in [0.1, 0.15) is 5.75 Å². The summed E-state index contributed by atoms with van der Waals surface area (Å²) >= 11 is 0. The second-order valence-corrected chi connectivity index (χ2v) is 10.3. The molecule has 3 N–H and O–H groups in total. The molecule has 0 radical (unpaired) electrons. The number of rotatable bonds is 10. The molecule has 0 unspecified atom stereocenters. The van der Waals surface area contributed by atoms with Gasteiger partial charge in [0.15, 0.2) is 0 Å². The molecule has 1 aromatic heterocycles. The maximum atomic E-state index is 11.8. The number of hydroxylamine groups is 1. The minimum Gasteiger partial charge on any atom is -0.493 e. The topological polar surface area (TPSA) is 75.5 Å². The molecule has 0 fully saturated rings. The number of benzene rings is 5. The lowest BCUT2D eigenvalue weighted by Gasteiger charge is -2.14. The average molecular weight is 556 g/mol. The van der Waals surface area contributed by atoms with E-state index < -0.39 is 5.91 Å². The van der Waals surface area contributed by atoms with E-state index in [0.717, 1.165) is 39.9 Å². The van der Waals surface area contributed by atoms with Crippen LogP contribution >= 0.6 is 0 Å². The quantitative estimate of drug-likeness (QED) is 0.118. The number of anilines is 1. The van der Waals surface area contributed by atoms with Gasteiger partial charge in [-0.25, -0.2) is 5.48 Å². The Balaban J connectivity index is 1.24. The van der Waals surface area contributed by atoms with Crippen molar-refractivity contribution >= 4 is 50.2 Å². The van der Waals surface area contributed by atoms with E-state index in [1.54, 1.807) is 17.6 Å². The summed E-state index contributed by atoms with van der Waals surface area (Å²) in [6, 6.07) is 36.6. The molecule has 6 heteroatoms. The van der Waals surface area contributed by atoms with Crippen LogP contribution in [0.5, 0.6) is 5.75 Å². The van der Waals surface area contributed by atoms with Crippen molar-refractivity contribution in [1.82, 2.24) is 10.0 Å². The summed E-state index contributed by atoms with van der Waals surface area (Å²) in [6.07, 6.45) is 2.84. The normalized spacial score (nSPS) is 11.7. The van der Waals surface area contributed by atoms with Gasteiger partial charge in [0.05, 0.1) is 6.61 Å². The van der Waals surface area contributed by atoms with E-state index in [-0.39, 0.29) is 0 Å². The van der Waals surface area contributed by atoms with Crippen molar-refractivity contribution < 1.29 is 14.7 Å². The SMILES string of the molecule is CCn1c2ccccc2c2cc(NC/C(=C\c3ccc(C(=O)NO)cc3)CCOc3cccc4ccccc34)ccc21. The number of nitrogens with zero attached hydrogens (tertiary/aromatic N) is 1. The molecule has 42 heavy (non-hydrogen) atoms. The molecule has 0 aliphatic carbocycles. The molecule has 0 saturated carbocycles. The van der Waals surface area contributed by atoms with Crippen LogP contribution < -0.4 is 15.5 Å². The summed E-state index contributed by atoms with van der Waals surface area (Å²) in [5.41, 5.74) is 7.73. The molecule has 1 amide bonds. The number of hydrogen-bond donors (Lipinski definition) is 3. The zero-order valence-electron chi connectivity index (χ0n) is 23.5. The highest BCUT2D eigenvalue weighted by Crippen LogP contribution is 2.31. The van der Waals surface area contributed by atoms with E-state index in [0.29, 0.717) is 25.1 Å². The van der Waals surface area contributed by atoms with Crippen LogP contribution in [0, 0.1) is 0 Å². The summed E-state index contributed by atoms with van der Waals surface area (Å²) in [5.74, 6) is 0.341. The van der Waals surface area contributed by atoms with Crippen molar-refractivity contribution in [1.29, 1.82) is 0 Å². The second kappa shape index (κ2) is 12.2. The van der Waals surface area contributed by atoms with E-state index >= 15 is 0 Å². The van der Waals surface area contributed by atoms with Crippen molar-refractivity contribution in [3.05, 3.63) is 126 Å². The van der Waals surface area contributed by atoms with Crippen molar-refractivity contribution in [3.63, 3.8) is 0 Å². The van der Waals surface area contributed by atoms with Gasteiger partial charge in [-0.05, 0) is 65.9 Å². The molecule has 1 heterocycles. The third-order valence-corrected chi connectivity index (χ3v) is 7.68. The van der Waals surface area contributed by atoms with Crippen LogP contribution in [-0.4, -0.2) is 28.8 Å². The van der Waals surface area contributed by atoms with Crippen LogP contribution in [0.4, 0.5) is 5.69 Å². The first-order chi connectivity index (χ1) is 20.6. The van der Waals surface area contributed by atoms with Crippen LogP contribution in [0.25, 0.3) is 38.7 Å². The van der Waals surface area contributed by atoms with E-state index in [2.05, 4.69) is 83.5 Å². The summed E-state index contributed by atoms with van der Waals surface area (Å²) in [5, 5.41) is 17.3. The van der Waals surface area contributed by atoms with Gasteiger partial charge in [0, 0.05) is 58.0 Å². The highest BCUT2D eigenvalue weighted by molar-refractivity contribution is 6.09. The number of nitrogens with one attached hydrogen (secondary N) is 2. The molecule has 6 rings (SSSR count). The van der Waals surface area contributed by atoms with Gasteiger partial charge in [-0.1, -0.05) is 72.8 Å². The lowest BCUT2D eigenvalue weighted by atomic mass is 10.1. The predicted molar refractivity (Wildman–Crippen MR) is 171 cm³/mol. The first-order valence-corrected chi connectivity index (χ1v) is 14.2. The first kappa shape index (κ1) is 27.1. The molecule has 5 aromatic carbocycles. The minimum absolute atomic E-state index is 0.396. The Hall–Kier alpha value is -5.07. The van der Waals surface area contributed by atoms with Crippen LogP contribution in [-0.2, 0) is 6.54 Å². The highest BCUT2D eigenvalue weighted by atomic mass is 16.5. The van der Waals surface area contributed by atoms with Gasteiger partial charge >= 0.3 is 0 Å². The van der Waals surface area contributed by atoms with E-state index in [1.165, 1.54) is 21.8 Å². The average Bonchev–Trinajstić information content (AvgIpc) is 3.36. The lowest BCUT2D eigenvalue weighted by Crippen LogP contribution is -2.18. The summed E-state index contributed by atoms with van der Waals surface area (Å²) in [7, 11) is 0. The van der Waals surface area contributed by atoms with Gasteiger partial charge in [0.2, 0.25) is 0 Å². The Bertz CT molecular complexity index is 1900. The zero-order valence-corrected chi connectivity index (χ0v) is 23.5. The van der Waals surface area contributed by atoms with Gasteiger partial charge in [0.25, 0.3) is 5.91 Å². The number of ether oxygens (including phenoxy) is 1. The molecule has 0 atom stereocenters. The molecule has 0 saturated heterocycles. The van der Waals surface area contributed by atoms with Crippen LogP contribution in [0.2, 0.25) is 0 Å². The Morgan fingerprint density at radius 3 is 2.38 bits per heavy atom. The second-order valence-electron chi connectivity index (χ2n) is 10.3. The Kier molecular flexibility index (Phi) is 7.88. The fourth-order valence-electron chi connectivity index (χ4n) is 5.58. The molecule has 6 aromatic rings. The van der Waals surface area contributed by atoms with Gasteiger partial charge < -0.3 is 14.6 Å². The van der Waals surface area contributed by atoms with Gasteiger partial charge in [-0.3, -0.25) is 10.0 Å². The predicted octanol–water partition coefficient (Wildman–Crippen LogP) is 8.05. The zero-order chi connectivity index (χ0) is 28.9. The number of amides is 1. The molecule has 0 aliphatic heterocycles. The number of hydrogen-bond acceptors (Lipinski definition) is 4. The van der Waals surface area contributed by atoms with Crippen LogP contribution in [0.15, 0.2) is 115 Å². The number of para-hydroxylation sites is 1.